The monoisotopic (exact) mass is 383 g/mol. The highest BCUT2D eigenvalue weighted by Gasteiger charge is 2.28. The second-order valence-electron chi connectivity index (χ2n) is 5.31. The maximum Gasteiger partial charge on any atom is 0.413 e. The molecule has 2 aromatic rings. The summed E-state index contributed by atoms with van der Waals surface area (Å²) in [5.74, 6) is -1.10. The molecule has 0 radical (unpaired) electrons. The first-order valence-electron chi connectivity index (χ1n) is 7.65. The molecule has 3 rings (SSSR count). The van der Waals surface area contributed by atoms with Crippen molar-refractivity contribution in [3.8, 4) is 0 Å². The lowest BCUT2D eigenvalue weighted by molar-refractivity contribution is 0.0731. The molecule has 1 aliphatic rings. The van der Waals surface area contributed by atoms with Crippen molar-refractivity contribution in [3.05, 3.63) is 45.2 Å². The molecule has 2 amide bonds. The van der Waals surface area contributed by atoms with Crippen molar-refractivity contribution >= 4 is 40.1 Å². The van der Waals surface area contributed by atoms with Gasteiger partial charge < -0.3 is 9.64 Å². The number of halogens is 2. The van der Waals surface area contributed by atoms with Crippen LogP contribution in [0.1, 0.15) is 27.9 Å². The number of ether oxygens (including phenoxy) is 1. The third-order valence-electron chi connectivity index (χ3n) is 3.68. The van der Waals surface area contributed by atoms with Crippen LogP contribution in [0.2, 0.25) is 5.02 Å². The summed E-state index contributed by atoms with van der Waals surface area (Å²) in [5.41, 5.74) is 0.697. The molecule has 0 bridgehead atoms. The molecular weight excluding hydrogens is 369 g/mol. The number of fused-ring (bicyclic) bond motifs is 1. The number of benzene rings is 1. The number of rotatable bonds is 3. The standard InChI is InChI=1S/C16H15ClFN3O3S/c1-2-24-16(23)20-15-19-11-6-7-21(8-12(11)25-15)14(22)13-9(17)4-3-5-10(13)18/h3-5H,2,6-8H2,1H3,(H,19,20,23). The highest BCUT2D eigenvalue weighted by Crippen LogP contribution is 2.30. The van der Waals surface area contributed by atoms with E-state index in [4.69, 9.17) is 16.3 Å². The Morgan fingerprint density at radius 2 is 2.28 bits per heavy atom. The van der Waals surface area contributed by atoms with Crippen molar-refractivity contribution in [3.63, 3.8) is 0 Å². The van der Waals surface area contributed by atoms with E-state index in [-0.39, 0.29) is 17.2 Å². The molecule has 0 atom stereocenters. The average Bonchev–Trinajstić information content (AvgIpc) is 2.95. The molecule has 6 nitrogen and oxygen atoms in total. The highest BCUT2D eigenvalue weighted by molar-refractivity contribution is 7.15. The molecule has 9 heteroatoms. The van der Waals surface area contributed by atoms with Crippen molar-refractivity contribution < 1.29 is 18.7 Å². The Hall–Kier alpha value is -2.19. The molecule has 0 saturated carbocycles. The number of nitrogens with one attached hydrogen (secondary N) is 1. The third-order valence-corrected chi connectivity index (χ3v) is 4.99. The predicted octanol–water partition coefficient (Wildman–Crippen LogP) is 3.70. The number of amides is 2. The van der Waals surface area contributed by atoms with Crippen LogP contribution in [0.3, 0.4) is 0 Å². The van der Waals surface area contributed by atoms with E-state index < -0.39 is 17.8 Å². The summed E-state index contributed by atoms with van der Waals surface area (Å²) in [6.07, 6.45) is -0.0478. The quantitative estimate of drug-likeness (QED) is 0.877. The summed E-state index contributed by atoms with van der Waals surface area (Å²) in [6.45, 7) is 2.67. The number of carbonyl (C=O) groups is 2. The van der Waals surface area contributed by atoms with E-state index in [9.17, 15) is 14.0 Å². The second-order valence-corrected chi connectivity index (χ2v) is 6.80. The fraction of sp³-hybridized carbons (Fsp3) is 0.312. The Labute approximate surface area is 152 Å². The summed E-state index contributed by atoms with van der Waals surface area (Å²) in [4.78, 5) is 30.8. The molecule has 1 aromatic carbocycles. The van der Waals surface area contributed by atoms with E-state index in [1.54, 1.807) is 6.92 Å². The van der Waals surface area contributed by atoms with E-state index in [0.717, 1.165) is 10.6 Å². The van der Waals surface area contributed by atoms with Gasteiger partial charge in [0.1, 0.15) is 5.82 Å². The van der Waals surface area contributed by atoms with Crippen molar-refractivity contribution in [2.24, 2.45) is 0 Å². The van der Waals surface area contributed by atoms with Crippen LogP contribution in [0.15, 0.2) is 18.2 Å². The van der Waals surface area contributed by atoms with Gasteiger partial charge in [0.05, 0.1) is 29.4 Å². The van der Waals surface area contributed by atoms with Crippen LogP contribution >= 0.6 is 22.9 Å². The number of hydrogen-bond acceptors (Lipinski definition) is 5. The van der Waals surface area contributed by atoms with E-state index in [1.165, 1.54) is 34.4 Å². The van der Waals surface area contributed by atoms with Crippen LogP contribution in [0.5, 0.6) is 0 Å². The molecule has 1 aromatic heterocycles. The normalized spacial score (nSPS) is 13.3. The van der Waals surface area contributed by atoms with Gasteiger partial charge in [-0.05, 0) is 19.1 Å². The van der Waals surface area contributed by atoms with Gasteiger partial charge in [-0.2, -0.15) is 0 Å². The topological polar surface area (TPSA) is 71.5 Å². The average molecular weight is 384 g/mol. The Kier molecular flexibility index (Phi) is 5.19. The van der Waals surface area contributed by atoms with E-state index in [1.807, 2.05) is 0 Å². The summed E-state index contributed by atoms with van der Waals surface area (Å²) >= 11 is 7.25. The Balaban J connectivity index is 1.76. The largest absolute Gasteiger partial charge is 0.450 e. The van der Waals surface area contributed by atoms with Crippen LogP contribution < -0.4 is 5.32 Å². The zero-order valence-corrected chi connectivity index (χ0v) is 14.9. The Bertz CT molecular complexity index is 807. The number of thiazole rings is 1. The van der Waals surface area contributed by atoms with Crippen LogP contribution in [0, 0.1) is 5.82 Å². The smallest absolute Gasteiger partial charge is 0.413 e. The minimum Gasteiger partial charge on any atom is -0.450 e. The van der Waals surface area contributed by atoms with Gasteiger partial charge in [-0.3, -0.25) is 10.1 Å². The minimum absolute atomic E-state index is 0.0877. The Morgan fingerprint density at radius 3 is 3.00 bits per heavy atom. The van der Waals surface area contributed by atoms with E-state index in [2.05, 4.69) is 10.3 Å². The molecule has 0 unspecified atom stereocenters. The van der Waals surface area contributed by atoms with Gasteiger partial charge in [0.25, 0.3) is 5.91 Å². The molecule has 1 N–H and O–H groups in total. The predicted molar refractivity (Wildman–Crippen MR) is 92.6 cm³/mol. The van der Waals surface area contributed by atoms with Gasteiger partial charge in [0.15, 0.2) is 5.13 Å². The molecule has 0 fully saturated rings. The molecule has 0 saturated heterocycles. The number of hydrogen-bond donors (Lipinski definition) is 1. The molecule has 2 heterocycles. The summed E-state index contributed by atoms with van der Waals surface area (Å²) in [6, 6.07) is 4.16. The molecule has 0 aliphatic carbocycles. The van der Waals surface area contributed by atoms with Crippen LogP contribution in [0.25, 0.3) is 0 Å². The van der Waals surface area contributed by atoms with Gasteiger partial charge in [-0.1, -0.05) is 29.0 Å². The number of carbonyl (C=O) groups excluding carboxylic acids is 2. The van der Waals surface area contributed by atoms with E-state index >= 15 is 0 Å². The van der Waals surface area contributed by atoms with Crippen molar-refractivity contribution in [2.45, 2.75) is 19.9 Å². The number of nitrogens with zero attached hydrogens (tertiary/aromatic N) is 2. The lowest BCUT2D eigenvalue weighted by Gasteiger charge is -2.26. The van der Waals surface area contributed by atoms with Crippen molar-refractivity contribution in [1.29, 1.82) is 0 Å². The summed E-state index contributed by atoms with van der Waals surface area (Å²) in [7, 11) is 0. The maximum atomic E-state index is 14.0. The number of aromatic nitrogens is 1. The van der Waals surface area contributed by atoms with Gasteiger partial charge >= 0.3 is 6.09 Å². The first-order valence-corrected chi connectivity index (χ1v) is 8.84. The van der Waals surface area contributed by atoms with Gasteiger partial charge in [-0.25, -0.2) is 14.2 Å². The molecule has 132 valence electrons. The van der Waals surface area contributed by atoms with Crippen LogP contribution in [-0.4, -0.2) is 35.0 Å². The third kappa shape index (κ3) is 3.74. The minimum atomic E-state index is -0.641. The van der Waals surface area contributed by atoms with Gasteiger partial charge in [0, 0.05) is 17.8 Å². The van der Waals surface area contributed by atoms with Crippen molar-refractivity contribution in [1.82, 2.24) is 9.88 Å². The van der Waals surface area contributed by atoms with Gasteiger partial charge in [0.2, 0.25) is 0 Å². The SMILES string of the molecule is CCOC(=O)Nc1nc2c(s1)CN(C(=O)c1c(F)cccc1Cl)CC2. The zero-order chi connectivity index (χ0) is 18.0. The number of anilines is 1. The Morgan fingerprint density at radius 1 is 1.48 bits per heavy atom. The first-order chi connectivity index (χ1) is 12.0. The van der Waals surface area contributed by atoms with Crippen molar-refractivity contribution in [2.75, 3.05) is 18.5 Å². The second kappa shape index (κ2) is 7.37. The summed E-state index contributed by atoms with van der Waals surface area (Å²) < 4.78 is 18.8. The first kappa shape index (κ1) is 17.6. The lowest BCUT2D eigenvalue weighted by Crippen LogP contribution is -2.36. The fourth-order valence-electron chi connectivity index (χ4n) is 2.54. The maximum absolute atomic E-state index is 14.0. The van der Waals surface area contributed by atoms with E-state index in [0.29, 0.717) is 24.6 Å². The fourth-order valence-corrected chi connectivity index (χ4v) is 3.79. The van der Waals surface area contributed by atoms with Gasteiger partial charge in [-0.15, -0.1) is 0 Å². The summed E-state index contributed by atoms with van der Waals surface area (Å²) in [5, 5.41) is 3.06. The highest BCUT2D eigenvalue weighted by atomic mass is 35.5. The lowest BCUT2D eigenvalue weighted by atomic mass is 10.1. The van der Waals surface area contributed by atoms with Crippen LogP contribution in [-0.2, 0) is 17.7 Å². The zero-order valence-electron chi connectivity index (χ0n) is 13.3. The van der Waals surface area contributed by atoms with Crippen LogP contribution in [0.4, 0.5) is 14.3 Å². The molecule has 1 aliphatic heterocycles. The molecule has 25 heavy (non-hydrogen) atoms. The molecular formula is C16H15ClFN3O3S. The molecule has 0 spiro atoms.